The number of likely N-dealkylation sites (tertiary alicyclic amines) is 1. The zero-order chi connectivity index (χ0) is 15.5. The second kappa shape index (κ2) is 6.34. The number of nitrogens with zero attached hydrogens (tertiary/aromatic N) is 1. The number of carbonyl (C=O) groups is 1. The number of aliphatic hydroxyl groups is 1. The first-order valence-electron chi connectivity index (χ1n) is 6.63. The fourth-order valence-corrected chi connectivity index (χ4v) is 2.22. The van der Waals surface area contributed by atoms with E-state index in [4.69, 9.17) is 9.84 Å². The fraction of sp³-hybridized carbons (Fsp3) is 0.500. The molecule has 0 aliphatic carbocycles. The maximum atomic E-state index is 12.9. The van der Waals surface area contributed by atoms with Gasteiger partial charge in [-0.25, -0.2) is 0 Å². The molecule has 1 aliphatic heterocycles. The van der Waals surface area contributed by atoms with E-state index in [0.29, 0.717) is 13.1 Å². The molecular weight excluding hydrogens is 287 g/mol. The molecule has 4 nitrogen and oxygen atoms in total. The Labute approximate surface area is 120 Å². The lowest BCUT2D eigenvalue weighted by atomic mass is 10.1. The smallest absolute Gasteiger partial charge is 0.419 e. The van der Waals surface area contributed by atoms with Gasteiger partial charge in [0.2, 0.25) is 0 Å². The maximum absolute atomic E-state index is 12.9. The van der Waals surface area contributed by atoms with Gasteiger partial charge >= 0.3 is 6.18 Å². The fourth-order valence-electron chi connectivity index (χ4n) is 2.22. The van der Waals surface area contributed by atoms with Gasteiger partial charge in [-0.15, -0.1) is 0 Å². The van der Waals surface area contributed by atoms with Crippen LogP contribution in [-0.2, 0) is 17.6 Å². The minimum absolute atomic E-state index is 0.139. The molecule has 0 spiro atoms. The first kappa shape index (κ1) is 15.6. The minimum Gasteiger partial charge on any atom is -0.483 e. The van der Waals surface area contributed by atoms with Crippen molar-refractivity contribution in [1.29, 1.82) is 0 Å². The van der Waals surface area contributed by atoms with E-state index in [0.717, 1.165) is 25.0 Å². The van der Waals surface area contributed by atoms with Crippen LogP contribution in [0.4, 0.5) is 13.2 Å². The van der Waals surface area contributed by atoms with E-state index in [9.17, 15) is 18.0 Å². The van der Waals surface area contributed by atoms with Crippen LogP contribution in [0.2, 0.25) is 0 Å². The van der Waals surface area contributed by atoms with E-state index in [1.165, 1.54) is 6.07 Å². The van der Waals surface area contributed by atoms with Crippen LogP contribution in [0.1, 0.15) is 24.0 Å². The molecular formula is C14H16F3NO3. The predicted octanol–water partition coefficient (Wildman–Crippen LogP) is 2.20. The van der Waals surface area contributed by atoms with Gasteiger partial charge in [-0.3, -0.25) is 4.79 Å². The highest BCUT2D eigenvalue weighted by atomic mass is 19.4. The molecule has 1 N–H and O–H groups in total. The number of alkyl halides is 3. The lowest BCUT2D eigenvalue weighted by molar-refractivity contribution is -0.140. The van der Waals surface area contributed by atoms with Crippen molar-refractivity contribution in [2.24, 2.45) is 0 Å². The third-order valence-corrected chi connectivity index (χ3v) is 3.34. The van der Waals surface area contributed by atoms with Gasteiger partial charge in [-0.1, -0.05) is 6.07 Å². The van der Waals surface area contributed by atoms with Gasteiger partial charge < -0.3 is 14.7 Å². The Balaban J connectivity index is 2.10. The van der Waals surface area contributed by atoms with Crippen LogP contribution in [0.5, 0.6) is 5.75 Å². The summed E-state index contributed by atoms with van der Waals surface area (Å²) in [6.07, 6.45) is -2.79. The highest BCUT2D eigenvalue weighted by Gasteiger charge is 2.35. The molecule has 1 aliphatic rings. The van der Waals surface area contributed by atoms with Crippen LogP contribution < -0.4 is 4.74 Å². The Morgan fingerprint density at radius 3 is 2.52 bits per heavy atom. The minimum atomic E-state index is -4.60. The molecule has 21 heavy (non-hydrogen) atoms. The van der Waals surface area contributed by atoms with Crippen LogP contribution in [-0.4, -0.2) is 35.6 Å². The summed E-state index contributed by atoms with van der Waals surface area (Å²) in [7, 11) is 0. The Hall–Kier alpha value is -1.76. The number of aliphatic hydroxyl groups excluding tert-OH is 1. The Kier molecular flexibility index (Phi) is 4.72. The molecule has 0 bridgehead atoms. The molecule has 1 amide bonds. The van der Waals surface area contributed by atoms with Gasteiger partial charge in [0.05, 0.1) is 12.2 Å². The lowest BCUT2D eigenvalue weighted by Gasteiger charge is -2.18. The summed E-state index contributed by atoms with van der Waals surface area (Å²) in [6.45, 7) is 0.340. The number of benzene rings is 1. The van der Waals surface area contributed by atoms with Crippen molar-refractivity contribution < 1.29 is 27.8 Å². The van der Waals surface area contributed by atoms with Gasteiger partial charge in [-0.05, 0) is 30.5 Å². The Bertz CT molecular complexity index is 511. The monoisotopic (exact) mass is 303 g/mol. The van der Waals surface area contributed by atoms with Crippen LogP contribution in [0.3, 0.4) is 0 Å². The summed E-state index contributed by atoms with van der Waals surface area (Å²) in [5, 5.41) is 8.91. The average molecular weight is 303 g/mol. The quantitative estimate of drug-likeness (QED) is 0.927. The Morgan fingerprint density at radius 2 is 1.95 bits per heavy atom. The van der Waals surface area contributed by atoms with E-state index in [2.05, 4.69) is 0 Å². The van der Waals surface area contributed by atoms with E-state index < -0.39 is 30.7 Å². The summed E-state index contributed by atoms with van der Waals surface area (Å²) >= 11 is 0. The molecule has 116 valence electrons. The van der Waals surface area contributed by atoms with Gasteiger partial charge in [0, 0.05) is 13.1 Å². The summed E-state index contributed by atoms with van der Waals surface area (Å²) < 4.78 is 43.8. The van der Waals surface area contributed by atoms with Crippen molar-refractivity contribution in [2.45, 2.75) is 25.6 Å². The largest absolute Gasteiger partial charge is 0.483 e. The van der Waals surface area contributed by atoms with Gasteiger partial charge in [0.25, 0.3) is 5.91 Å². The molecule has 0 atom stereocenters. The summed E-state index contributed by atoms with van der Waals surface area (Å²) in [6, 6.07) is 3.30. The number of carbonyl (C=O) groups excluding carboxylic acids is 1. The second-order valence-electron chi connectivity index (χ2n) is 4.86. The molecule has 1 saturated heterocycles. The van der Waals surface area contributed by atoms with Crippen molar-refractivity contribution >= 4 is 5.91 Å². The third-order valence-electron chi connectivity index (χ3n) is 3.34. The number of hydrogen-bond donors (Lipinski definition) is 1. The first-order valence-corrected chi connectivity index (χ1v) is 6.63. The van der Waals surface area contributed by atoms with Gasteiger partial charge in [0.15, 0.2) is 6.61 Å². The number of ether oxygens (including phenoxy) is 1. The standard InChI is InChI=1S/C14H16F3NO3/c15-14(16,17)11-7-10(8-19)3-4-12(11)21-9-13(20)18-5-1-2-6-18/h3-4,7,19H,1-2,5-6,8-9H2. The highest BCUT2D eigenvalue weighted by molar-refractivity contribution is 5.78. The van der Waals surface area contributed by atoms with Gasteiger partial charge in [0.1, 0.15) is 5.75 Å². The SMILES string of the molecule is O=C(COc1ccc(CO)cc1C(F)(F)F)N1CCCC1. The van der Waals surface area contributed by atoms with Crippen LogP contribution in [0.15, 0.2) is 18.2 Å². The highest BCUT2D eigenvalue weighted by Crippen LogP contribution is 2.36. The van der Waals surface area contributed by atoms with Crippen molar-refractivity contribution in [3.63, 3.8) is 0 Å². The lowest BCUT2D eigenvalue weighted by Crippen LogP contribution is -2.32. The third kappa shape index (κ3) is 3.87. The summed E-state index contributed by atoms with van der Waals surface area (Å²) in [4.78, 5) is 13.4. The second-order valence-corrected chi connectivity index (χ2v) is 4.86. The van der Waals surface area contributed by atoms with E-state index in [-0.39, 0.29) is 11.5 Å². The summed E-state index contributed by atoms with van der Waals surface area (Å²) in [5.41, 5.74) is -0.844. The molecule has 1 aromatic carbocycles. The van der Waals surface area contributed by atoms with Crippen molar-refractivity contribution in [1.82, 2.24) is 4.90 Å². The van der Waals surface area contributed by atoms with E-state index >= 15 is 0 Å². The Morgan fingerprint density at radius 1 is 1.29 bits per heavy atom. The molecule has 0 radical (unpaired) electrons. The number of halogens is 3. The molecule has 0 saturated carbocycles. The molecule has 0 aromatic heterocycles. The molecule has 1 heterocycles. The summed E-state index contributed by atoms with van der Waals surface area (Å²) in [5.74, 6) is -0.709. The zero-order valence-electron chi connectivity index (χ0n) is 11.3. The molecule has 2 rings (SSSR count). The normalized spacial score (nSPS) is 15.3. The van der Waals surface area contributed by atoms with Gasteiger partial charge in [-0.2, -0.15) is 13.2 Å². The van der Waals surface area contributed by atoms with E-state index in [1.54, 1.807) is 4.90 Å². The van der Waals surface area contributed by atoms with Crippen LogP contribution in [0.25, 0.3) is 0 Å². The molecule has 1 fully saturated rings. The number of hydrogen-bond acceptors (Lipinski definition) is 3. The topological polar surface area (TPSA) is 49.8 Å². The number of amides is 1. The van der Waals surface area contributed by atoms with Crippen molar-refractivity contribution in [2.75, 3.05) is 19.7 Å². The van der Waals surface area contributed by atoms with Crippen LogP contribution in [0, 0.1) is 0 Å². The molecule has 0 unspecified atom stereocenters. The molecule has 1 aromatic rings. The first-order chi connectivity index (χ1) is 9.91. The average Bonchev–Trinajstić information content (AvgIpc) is 2.97. The predicted molar refractivity (Wildman–Crippen MR) is 68.7 cm³/mol. The van der Waals surface area contributed by atoms with Crippen molar-refractivity contribution in [3.8, 4) is 5.75 Å². The van der Waals surface area contributed by atoms with Crippen LogP contribution >= 0.6 is 0 Å². The zero-order valence-corrected chi connectivity index (χ0v) is 11.3. The van der Waals surface area contributed by atoms with E-state index in [1.807, 2.05) is 0 Å². The van der Waals surface area contributed by atoms with Crippen molar-refractivity contribution in [3.05, 3.63) is 29.3 Å². The maximum Gasteiger partial charge on any atom is 0.419 e. The number of rotatable bonds is 4. The molecule has 7 heteroatoms.